The van der Waals surface area contributed by atoms with Gasteiger partial charge in [0.05, 0.1) is 5.41 Å². The summed E-state index contributed by atoms with van der Waals surface area (Å²) in [6.07, 6.45) is 5.44. The lowest BCUT2D eigenvalue weighted by Crippen LogP contribution is -2.25. The summed E-state index contributed by atoms with van der Waals surface area (Å²) in [5.41, 5.74) is 42.7. The van der Waals surface area contributed by atoms with E-state index in [1.165, 1.54) is 156 Å². The Morgan fingerprint density at radius 2 is 0.339 bits per heavy atom. The highest BCUT2D eigenvalue weighted by Crippen LogP contribution is 2.62. The maximum atomic E-state index is 2.43. The molecule has 0 heteroatoms. The molecule has 0 fully saturated rings. The van der Waals surface area contributed by atoms with Crippen molar-refractivity contribution in [3.63, 3.8) is 0 Å². The lowest BCUT2D eigenvalue weighted by Gasteiger charge is -2.30. The maximum absolute atomic E-state index is 2.43. The lowest BCUT2D eigenvalue weighted by atomic mass is 9.70. The summed E-state index contributed by atoms with van der Waals surface area (Å²) in [5, 5.41) is 0. The van der Waals surface area contributed by atoms with Gasteiger partial charge in [0.25, 0.3) is 0 Å². The summed E-state index contributed by atoms with van der Waals surface area (Å²) in [6, 6.07) is 107. The van der Waals surface area contributed by atoms with Crippen molar-refractivity contribution in [1.82, 2.24) is 0 Å². The van der Waals surface area contributed by atoms with E-state index in [0.29, 0.717) is 0 Å². The van der Waals surface area contributed by atoms with Crippen molar-refractivity contribution in [3.8, 4) is 89.0 Å². The second kappa shape index (κ2) is 62.1. The number of fused-ring (bicyclic) bond motifs is 26. The van der Waals surface area contributed by atoms with E-state index in [1.54, 1.807) is 11.1 Å². The van der Waals surface area contributed by atoms with Crippen molar-refractivity contribution in [3.05, 3.63) is 369 Å². The highest BCUT2D eigenvalue weighted by Gasteiger charge is 2.51. The van der Waals surface area contributed by atoms with Gasteiger partial charge in [0.15, 0.2) is 0 Å². The molecule has 7 aliphatic rings. The van der Waals surface area contributed by atoms with Crippen LogP contribution in [0.4, 0.5) is 0 Å². The molecular formula is C118H160. The van der Waals surface area contributed by atoms with Gasteiger partial charge in [0.2, 0.25) is 0 Å². The summed E-state index contributed by atoms with van der Waals surface area (Å²) in [5.74, 6) is 0. The Morgan fingerprint density at radius 1 is 0.136 bits per heavy atom. The third kappa shape index (κ3) is 24.3. The van der Waals surface area contributed by atoms with Gasteiger partial charge in [-0.1, -0.05) is 508 Å². The summed E-state index contributed by atoms with van der Waals surface area (Å²) in [6.45, 7) is 68.0. The van der Waals surface area contributed by atoms with Crippen LogP contribution < -0.4 is 0 Å². The molecule has 0 saturated heterocycles. The van der Waals surface area contributed by atoms with Crippen LogP contribution in [0.5, 0.6) is 0 Å². The van der Waals surface area contributed by atoms with Crippen molar-refractivity contribution >= 4 is 0 Å². The third-order valence-corrected chi connectivity index (χ3v) is 19.3. The fourth-order valence-electron chi connectivity index (χ4n) is 15.6. The molecule has 0 nitrogen and oxygen atoms in total. The summed E-state index contributed by atoms with van der Waals surface area (Å²) in [4.78, 5) is 0. The van der Waals surface area contributed by atoms with Crippen LogP contribution in [-0.4, -0.2) is 0 Å². The van der Waals surface area contributed by atoms with Gasteiger partial charge in [-0.3, -0.25) is 0 Å². The standard InChI is InChI=1S/C25H16.2C20H14.C19H14.17C2H6/c1-5-13-21-17(9-1)18-10-2-6-14-22(18)25(21)23-15-7-3-11-19(23)20-12-4-8-16-24(20)25;1-3-7-17-13(5-1)9-15-11-20-16(12-19(15)17)10-14-6-2-4-8-18(14)20;1-3-7-15-13(5-1)11-19-17(15)9-10-18-16-8-4-2-6-14(16)12-20(18)19;1-2-6-14(7-3-1)15-10-11-17-12-16-8-4-5-9-18(16)19(17)13-15;17*1-2/h1-16H;1-8,11-12H,9-10H2;1-10H,11-12H2;1-11,13H,12H2;17*1-2H3. The molecule has 118 heavy (non-hydrogen) atoms. The van der Waals surface area contributed by atoms with Crippen molar-refractivity contribution in [1.29, 1.82) is 0 Å². The summed E-state index contributed by atoms with van der Waals surface area (Å²) in [7, 11) is 0. The van der Waals surface area contributed by atoms with Crippen molar-refractivity contribution in [2.45, 2.75) is 273 Å². The SMILES string of the molecule is CC.CC.CC.CC.CC.CC.CC.CC.CC.CC.CC.CC.CC.CC.CC.CC.CC.c1ccc(-c2ccc3c(c2)-c2ccccc2C3)cc1.c1ccc2c(c1)-c1ccccc1C21c2ccccc2-c2ccccc21.c1ccc2c(c1)Cc1c-2ccc2c1Cc1ccccc1-2.c1ccc2c(c1)Cc1cc3c(cc1-2)Cc1ccccc1-3. The van der Waals surface area contributed by atoms with E-state index in [2.05, 4.69) is 291 Å². The average Bonchev–Trinajstić information content (AvgIpc) is 1.51. The maximum Gasteiger partial charge on any atom is 0.0725 e. The molecule has 0 aromatic heterocycles. The van der Waals surface area contributed by atoms with Crippen LogP contribution in [0.3, 0.4) is 0 Å². The molecule has 0 aliphatic heterocycles. The third-order valence-electron chi connectivity index (χ3n) is 19.3. The van der Waals surface area contributed by atoms with Gasteiger partial charge in [-0.05, 0) is 217 Å². The normalized spacial score (nSPS) is 10.5. The Bertz CT molecular complexity index is 4460. The van der Waals surface area contributed by atoms with Gasteiger partial charge in [-0.15, -0.1) is 0 Å². The Kier molecular flexibility index (Phi) is 56.8. The van der Waals surface area contributed by atoms with E-state index in [0.717, 1.165) is 32.1 Å². The van der Waals surface area contributed by atoms with Crippen molar-refractivity contribution < 1.29 is 0 Å². The van der Waals surface area contributed by atoms with E-state index in [1.807, 2.05) is 235 Å². The van der Waals surface area contributed by atoms with Crippen LogP contribution in [0.15, 0.2) is 291 Å². The molecule has 0 N–H and O–H groups in total. The molecule has 13 aromatic rings. The van der Waals surface area contributed by atoms with Crippen LogP contribution in [0.2, 0.25) is 0 Å². The molecular weight excluding hydrogens is 1420 g/mol. The van der Waals surface area contributed by atoms with E-state index in [-0.39, 0.29) is 5.41 Å². The molecule has 632 valence electrons. The second-order valence-electron chi connectivity index (χ2n) is 23.6. The predicted octanol–water partition coefficient (Wildman–Crippen LogP) is 38.1. The van der Waals surface area contributed by atoms with Crippen LogP contribution >= 0.6 is 0 Å². The fraction of sp³-hybridized carbons (Fsp3) is 0.339. The molecule has 7 aliphatic carbocycles. The number of hydrogen-bond acceptors (Lipinski definition) is 0. The van der Waals surface area contributed by atoms with Gasteiger partial charge in [0.1, 0.15) is 0 Å². The Balaban J connectivity index is 0.00000138. The minimum atomic E-state index is -0.180. The zero-order chi connectivity index (χ0) is 89.3. The fourth-order valence-corrected chi connectivity index (χ4v) is 15.6. The molecule has 0 heterocycles. The smallest absolute Gasteiger partial charge is 0.0683 e. The van der Waals surface area contributed by atoms with Crippen molar-refractivity contribution in [2.75, 3.05) is 0 Å². The molecule has 0 radical (unpaired) electrons. The van der Waals surface area contributed by atoms with Gasteiger partial charge in [-0.2, -0.15) is 0 Å². The minimum absolute atomic E-state index is 0.180. The van der Waals surface area contributed by atoms with E-state index in [4.69, 9.17) is 0 Å². The van der Waals surface area contributed by atoms with Crippen LogP contribution in [0.1, 0.15) is 313 Å². The summed E-state index contributed by atoms with van der Waals surface area (Å²) < 4.78 is 0. The van der Waals surface area contributed by atoms with E-state index in [9.17, 15) is 0 Å². The van der Waals surface area contributed by atoms with Gasteiger partial charge < -0.3 is 0 Å². The first kappa shape index (κ1) is 108. The molecule has 20 rings (SSSR count). The minimum Gasteiger partial charge on any atom is -0.0683 e. The summed E-state index contributed by atoms with van der Waals surface area (Å²) >= 11 is 0. The number of benzene rings is 13. The van der Waals surface area contributed by atoms with Crippen LogP contribution in [0.25, 0.3) is 89.0 Å². The Morgan fingerprint density at radius 3 is 0.619 bits per heavy atom. The monoisotopic (exact) mass is 1580 g/mol. The lowest BCUT2D eigenvalue weighted by molar-refractivity contribution is 0.794. The van der Waals surface area contributed by atoms with Crippen LogP contribution in [0, 0.1) is 0 Å². The molecule has 0 atom stereocenters. The largest absolute Gasteiger partial charge is 0.0725 e. The zero-order valence-electron chi connectivity index (χ0n) is 80.7. The molecule has 0 saturated carbocycles. The van der Waals surface area contributed by atoms with Crippen LogP contribution in [-0.2, 0) is 37.5 Å². The van der Waals surface area contributed by atoms with E-state index < -0.39 is 0 Å². The average molecular weight is 1580 g/mol. The quantitative estimate of drug-likeness (QED) is 0.154. The molecule has 0 amide bonds. The Hall–Kier alpha value is -10.1. The highest BCUT2D eigenvalue weighted by molar-refractivity contribution is 5.95. The Labute approximate surface area is 726 Å². The predicted molar refractivity (Wildman–Crippen MR) is 542 cm³/mol. The highest BCUT2D eigenvalue weighted by atomic mass is 14.5. The second-order valence-corrected chi connectivity index (χ2v) is 23.6. The number of rotatable bonds is 1. The molecule has 0 bridgehead atoms. The van der Waals surface area contributed by atoms with Crippen molar-refractivity contribution in [2.24, 2.45) is 0 Å². The molecule has 0 unspecified atom stereocenters. The first-order valence-electron chi connectivity index (χ1n) is 46.9. The molecule has 13 aromatic carbocycles. The topological polar surface area (TPSA) is 0 Å². The van der Waals surface area contributed by atoms with Gasteiger partial charge >= 0.3 is 0 Å². The molecule has 1 spiro atoms. The zero-order valence-corrected chi connectivity index (χ0v) is 80.7. The van der Waals surface area contributed by atoms with Gasteiger partial charge in [-0.25, -0.2) is 0 Å². The first-order chi connectivity index (χ1) is 58.7. The first-order valence-corrected chi connectivity index (χ1v) is 46.9. The van der Waals surface area contributed by atoms with E-state index >= 15 is 0 Å². The van der Waals surface area contributed by atoms with Gasteiger partial charge in [0, 0.05) is 0 Å². The number of hydrogen-bond donors (Lipinski definition) is 0.